The van der Waals surface area contributed by atoms with Crippen LogP contribution in [0.1, 0.15) is 30.4 Å². The molecule has 2 unspecified atom stereocenters. The quantitative estimate of drug-likeness (QED) is 0.599. The van der Waals surface area contributed by atoms with Crippen molar-refractivity contribution < 1.29 is 0 Å². The molecule has 2 aliphatic rings. The second-order valence-electron chi connectivity index (χ2n) is 6.23. The highest BCUT2D eigenvalue weighted by Gasteiger charge is 2.34. The molecule has 0 heterocycles. The van der Waals surface area contributed by atoms with E-state index < -0.39 is 0 Å². The van der Waals surface area contributed by atoms with Crippen molar-refractivity contribution in [1.82, 2.24) is 0 Å². The topological polar surface area (TPSA) is 0 Å². The van der Waals surface area contributed by atoms with E-state index in [2.05, 4.69) is 50.6 Å². The van der Waals surface area contributed by atoms with E-state index in [9.17, 15) is 0 Å². The molecule has 0 radical (unpaired) electrons. The first-order valence-corrected chi connectivity index (χ1v) is 7.37. The molecule has 20 heavy (non-hydrogen) atoms. The highest BCUT2D eigenvalue weighted by Crippen LogP contribution is 2.47. The zero-order valence-corrected chi connectivity index (χ0v) is 12.1. The molecule has 0 nitrogen and oxygen atoms in total. The van der Waals surface area contributed by atoms with E-state index in [1.165, 1.54) is 33.4 Å². The van der Waals surface area contributed by atoms with Gasteiger partial charge in [-0.3, -0.25) is 0 Å². The molecule has 0 heteroatoms. The fourth-order valence-electron chi connectivity index (χ4n) is 3.79. The lowest BCUT2D eigenvalue weighted by atomic mass is 9.65. The zero-order chi connectivity index (χ0) is 14.3. The monoisotopic (exact) mass is 262 g/mol. The van der Waals surface area contributed by atoms with Crippen LogP contribution in [-0.2, 0) is 6.42 Å². The van der Waals surface area contributed by atoms with Gasteiger partial charge in [0.25, 0.3) is 0 Å². The van der Waals surface area contributed by atoms with Gasteiger partial charge in [-0.15, -0.1) is 0 Å². The van der Waals surface area contributed by atoms with Crippen molar-refractivity contribution >= 4 is 5.57 Å². The summed E-state index contributed by atoms with van der Waals surface area (Å²) < 4.78 is 0. The fraction of sp³-hybridized carbons (Fsp3) is 0.300. The van der Waals surface area contributed by atoms with Gasteiger partial charge in [0.05, 0.1) is 0 Å². The highest BCUT2D eigenvalue weighted by molar-refractivity contribution is 5.74. The average molecular weight is 262 g/mol. The number of fused-ring (bicyclic) bond motifs is 1. The van der Waals surface area contributed by atoms with Gasteiger partial charge in [-0.25, -0.2) is 0 Å². The second-order valence-corrected chi connectivity index (χ2v) is 6.23. The van der Waals surface area contributed by atoms with E-state index in [0.29, 0.717) is 11.8 Å². The summed E-state index contributed by atoms with van der Waals surface area (Å²) in [5.74, 6) is 0.861. The number of hydrogen-bond acceptors (Lipinski definition) is 0. The van der Waals surface area contributed by atoms with Crippen LogP contribution in [0.25, 0.3) is 5.57 Å². The normalized spacial score (nSPS) is 26.6. The summed E-state index contributed by atoms with van der Waals surface area (Å²) in [6, 6.07) is 8.59. The molecule has 1 saturated carbocycles. The number of allylic oxidation sites excluding steroid dienone is 4. The van der Waals surface area contributed by atoms with Crippen LogP contribution in [0.2, 0.25) is 0 Å². The van der Waals surface area contributed by atoms with Gasteiger partial charge in [-0.2, -0.15) is 0 Å². The minimum atomic E-state index is 0.366. The van der Waals surface area contributed by atoms with Crippen LogP contribution in [0.15, 0.2) is 67.3 Å². The molecule has 0 spiro atoms. The molecule has 1 aromatic rings. The molecular weight excluding hydrogens is 240 g/mol. The Balaban J connectivity index is 1.95. The maximum absolute atomic E-state index is 4.39. The van der Waals surface area contributed by atoms with Crippen molar-refractivity contribution in [3.63, 3.8) is 0 Å². The Morgan fingerprint density at radius 3 is 2.40 bits per heavy atom. The van der Waals surface area contributed by atoms with Gasteiger partial charge in [0.15, 0.2) is 0 Å². The third kappa shape index (κ3) is 2.10. The Morgan fingerprint density at radius 2 is 1.65 bits per heavy atom. The van der Waals surface area contributed by atoms with Crippen molar-refractivity contribution in [2.45, 2.75) is 25.7 Å². The van der Waals surface area contributed by atoms with Gasteiger partial charge >= 0.3 is 0 Å². The first-order chi connectivity index (χ1) is 9.58. The molecule has 0 aromatic heterocycles. The lowest BCUT2D eigenvalue weighted by Gasteiger charge is -2.39. The van der Waals surface area contributed by atoms with E-state index in [0.717, 1.165) is 25.7 Å². The molecule has 0 saturated heterocycles. The Morgan fingerprint density at radius 1 is 0.900 bits per heavy atom. The summed E-state index contributed by atoms with van der Waals surface area (Å²) in [4.78, 5) is 0. The van der Waals surface area contributed by atoms with Crippen LogP contribution in [0, 0.1) is 11.8 Å². The summed E-state index contributed by atoms with van der Waals surface area (Å²) in [6.45, 7) is 17.2. The summed E-state index contributed by atoms with van der Waals surface area (Å²) >= 11 is 0. The maximum atomic E-state index is 4.39. The fourth-order valence-corrected chi connectivity index (χ4v) is 3.79. The van der Waals surface area contributed by atoms with Crippen LogP contribution < -0.4 is 0 Å². The molecule has 0 bridgehead atoms. The predicted molar refractivity (Wildman–Crippen MR) is 87.4 cm³/mol. The minimum Gasteiger partial charge on any atom is -0.0995 e. The number of rotatable bonds is 1. The van der Waals surface area contributed by atoms with E-state index in [1.54, 1.807) is 0 Å². The Hall–Kier alpha value is -1.82. The second kappa shape index (κ2) is 4.94. The lowest BCUT2D eigenvalue weighted by Crippen LogP contribution is -2.26. The number of hydrogen-bond donors (Lipinski definition) is 0. The molecule has 1 aromatic carbocycles. The van der Waals surface area contributed by atoms with Crippen LogP contribution in [0.3, 0.4) is 0 Å². The van der Waals surface area contributed by atoms with Gasteiger partial charge in [0, 0.05) is 5.92 Å². The Labute approximate surface area is 122 Å². The molecule has 0 aliphatic heterocycles. The molecule has 0 amide bonds. The van der Waals surface area contributed by atoms with Gasteiger partial charge in [0.2, 0.25) is 0 Å². The Kier molecular flexibility index (Phi) is 3.25. The van der Waals surface area contributed by atoms with Crippen LogP contribution in [0.5, 0.6) is 0 Å². The summed E-state index contributed by atoms with van der Waals surface area (Å²) in [7, 11) is 0. The average Bonchev–Trinajstić information content (AvgIpc) is 2.41. The predicted octanol–water partition coefficient (Wildman–Crippen LogP) is 5.34. The van der Waals surface area contributed by atoms with Crippen LogP contribution >= 0.6 is 0 Å². The minimum absolute atomic E-state index is 0.366. The van der Waals surface area contributed by atoms with Crippen molar-refractivity contribution in [1.29, 1.82) is 0 Å². The van der Waals surface area contributed by atoms with Crippen LogP contribution in [0.4, 0.5) is 0 Å². The first kappa shape index (κ1) is 13.2. The molecule has 3 rings (SSSR count). The lowest BCUT2D eigenvalue weighted by molar-refractivity contribution is 0.438. The maximum Gasteiger partial charge on any atom is 0.0115 e. The van der Waals surface area contributed by atoms with Crippen LogP contribution in [-0.4, -0.2) is 0 Å². The third-order valence-electron chi connectivity index (χ3n) is 4.81. The molecule has 0 N–H and O–H groups in total. The smallest absolute Gasteiger partial charge is 0.0115 e. The highest BCUT2D eigenvalue weighted by atomic mass is 14.4. The first-order valence-electron chi connectivity index (χ1n) is 7.37. The molecular formula is C20H22. The largest absolute Gasteiger partial charge is 0.0995 e. The van der Waals surface area contributed by atoms with Crippen molar-refractivity contribution in [2.75, 3.05) is 0 Å². The van der Waals surface area contributed by atoms with Crippen molar-refractivity contribution in [2.24, 2.45) is 11.8 Å². The summed E-state index contributed by atoms with van der Waals surface area (Å²) in [6.07, 6.45) is 4.21. The van der Waals surface area contributed by atoms with Crippen molar-refractivity contribution in [3.05, 3.63) is 78.4 Å². The van der Waals surface area contributed by atoms with Gasteiger partial charge in [-0.1, -0.05) is 67.3 Å². The van der Waals surface area contributed by atoms with Gasteiger partial charge in [-0.05, 0) is 48.3 Å². The molecule has 102 valence electrons. The summed E-state index contributed by atoms with van der Waals surface area (Å²) in [5.41, 5.74) is 7.85. The van der Waals surface area contributed by atoms with E-state index in [4.69, 9.17) is 0 Å². The number of benzene rings is 1. The summed E-state index contributed by atoms with van der Waals surface area (Å²) in [5, 5.41) is 0. The van der Waals surface area contributed by atoms with Gasteiger partial charge < -0.3 is 0 Å². The van der Waals surface area contributed by atoms with Gasteiger partial charge in [0.1, 0.15) is 0 Å². The van der Waals surface area contributed by atoms with E-state index in [-0.39, 0.29) is 0 Å². The zero-order valence-electron chi connectivity index (χ0n) is 12.1. The third-order valence-corrected chi connectivity index (χ3v) is 4.81. The van der Waals surface area contributed by atoms with Crippen molar-refractivity contribution in [3.8, 4) is 0 Å². The SMILES string of the molecule is C=C1CCC(C2C(=C)Cc3ccccc3C2=C)C(=C)C1. The van der Waals surface area contributed by atoms with E-state index >= 15 is 0 Å². The molecule has 2 atom stereocenters. The standard InChI is InChI=1S/C20H22/c1-13-9-10-18(14(2)11-13)20-15(3)12-17-7-5-6-8-19(17)16(20)4/h5-8,18,20H,1-4,9-12H2. The molecule has 2 aliphatic carbocycles. The Bertz CT molecular complexity index is 615. The van der Waals surface area contributed by atoms with E-state index in [1.807, 2.05) is 0 Å². The molecule has 1 fully saturated rings.